The highest BCUT2D eigenvalue weighted by molar-refractivity contribution is 6.30. The smallest absolute Gasteiger partial charge is 0.232 e. The highest BCUT2D eigenvalue weighted by atomic mass is 35.5. The summed E-state index contributed by atoms with van der Waals surface area (Å²) < 4.78 is 13.8. The monoisotopic (exact) mass is 355 g/mol. The Kier molecular flexibility index (Phi) is 5.05. The van der Waals surface area contributed by atoms with Gasteiger partial charge >= 0.3 is 0 Å². The number of nitrogens with zero attached hydrogens (tertiary/aromatic N) is 2. The van der Waals surface area contributed by atoms with Gasteiger partial charge in [-0.2, -0.15) is 0 Å². The average Bonchev–Trinajstić information content (AvgIpc) is 2.63. The summed E-state index contributed by atoms with van der Waals surface area (Å²) in [7, 11) is 0. The predicted molar refractivity (Wildman–Crippen MR) is 95.9 cm³/mol. The van der Waals surface area contributed by atoms with E-state index in [2.05, 4.69) is 15.5 Å². The van der Waals surface area contributed by atoms with Gasteiger partial charge in [0.2, 0.25) is 5.91 Å². The van der Waals surface area contributed by atoms with E-state index in [1.165, 1.54) is 6.07 Å². The van der Waals surface area contributed by atoms with Crippen molar-refractivity contribution in [2.45, 2.75) is 12.8 Å². The van der Waals surface area contributed by atoms with Crippen molar-refractivity contribution < 1.29 is 9.18 Å². The third-order valence-corrected chi connectivity index (χ3v) is 4.08. The Morgan fingerprint density at radius 2 is 1.76 bits per heavy atom. The fraction of sp³-hybridized carbons (Fsp3) is 0.105. The lowest BCUT2D eigenvalue weighted by Gasteiger charge is -2.12. The highest BCUT2D eigenvalue weighted by Gasteiger charge is 2.16. The summed E-state index contributed by atoms with van der Waals surface area (Å²) in [5, 5.41) is 11.3. The van der Waals surface area contributed by atoms with Gasteiger partial charge in [0.1, 0.15) is 5.82 Å². The van der Waals surface area contributed by atoms with Gasteiger partial charge in [-0.25, -0.2) is 4.39 Å². The number of anilines is 1. The zero-order valence-electron chi connectivity index (χ0n) is 13.4. The molecule has 6 heteroatoms. The molecule has 1 atom stereocenters. The second-order valence-electron chi connectivity index (χ2n) is 5.55. The van der Waals surface area contributed by atoms with Crippen molar-refractivity contribution in [1.29, 1.82) is 0 Å². The first kappa shape index (κ1) is 17.0. The lowest BCUT2D eigenvalue weighted by Crippen LogP contribution is -2.19. The van der Waals surface area contributed by atoms with Crippen molar-refractivity contribution in [1.82, 2.24) is 10.2 Å². The van der Waals surface area contributed by atoms with Crippen LogP contribution in [-0.4, -0.2) is 16.1 Å². The first-order valence-corrected chi connectivity index (χ1v) is 8.07. The van der Waals surface area contributed by atoms with Crippen molar-refractivity contribution in [2.75, 3.05) is 5.32 Å². The molecule has 0 saturated heterocycles. The molecule has 0 bridgehead atoms. The second-order valence-corrected chi connectivity index (χ2v) is 5.98. The molecule has 0 aliphatic carbocycles. The molecule has 126 valence electrons. The van der Waals surface area contributed by atoms with Crippen molar-refractivity contribution in [3.8, 4) is 11.3 Å². The zero-order valence-corrected chi connectivity index (χ0v) is 14.2. The lowest BCUT2D eigenvalue weighted by atomic mass is 10.0. The molecule has 0 spiro atoms. The normalized spacial score (nSPS) is 11.8. The largest absolute Gasteiger partial charge is 0.309 e. The number of carbonyl (C=O) groups is 1. The third-order valence-electron chi connectivity index (χ3n) is 3.83. The first-order valence-electron chi connectivity index (χ1n) is 7.69. The van der Waals surface area contributed by atoms with Crippen LogP contribution in [0.1, 0.15) is 18.4 Å². The maximum absolute atomic E-state index is 13.8. The Balaban J connectivity index is 1.72. The zero-order chi connectivity index (χ0) is 17.8. The molecule has 1 N–H and O–H groups in total. The molecule has 0 radical (unpaired) electrons. The maximum Gasteiger partial charge on any atom is 0.232 e. The molecular weight excluding hydrogens is 341 g/mol. The van der Waals surface area contributed by atoms with E-state index in [1.807, 2.05) is 0 Å². The summed E-state index contributed by atoms with van der Waals surface area (Å²) in [6.45, 7) is 1.79. The summed E-state index contributed by atoms with van der Waals surface area (Å²) in [6.07, 6.45) is 0. The predicted octanol–water partition coefficient (Wildman–Crippen LogP) is 4.68. The first-order chi connectivity index (χ1) is 12.0. The highest BCUT2D eigenvalue weighted by Crippen LogP contribution is 2.22. The second kappa shape index (κ2) is 7.40. The van der Waals surface area contributed by atoms with Crippen molar-refractivity contribution in [3.63, 3.8) is 0 Å². The Bertz CT molecular complexity index is 882. The average molecular weight is 356 g/mol. The molecule has 2 aromatic carbocycles. The number of hydrogen-bond donors (Lipinski definition) is 1. The maximum atomic E-state index is 13.8. The van der Waals surface area contributed by atoms with Gasteiger partial charge in [-0.15, -0.1) is 10.2 Å². The number of carbonyl (C=O) groups excluding carboxylic acids is 1. The molecule has 1 amide bonds. The minimum Gasteiger partial charge on any atom is -0.309 e. The fourth-order valence-electron chi connectivity index (χ4n) is 2.35. The summed E-state index contributed by atoms with van der Waals surface area (Å²) in [5.41, 5.74) is 1.61. The molecule has 3 rings (SSSR count). The molecule has 1 unspecified atom stereocenters. The van der Waals surface area contributed by atoms with Crippen LogP contribution in [0.2, 0.25) is 5.02 Å². The van der Waals surface area contributed by atoms with Crippen LogP contribution in [0.5, 0.6) is 0 Å². The molecule has 1 heterocycles. The van der Waals surface area contributed by atoms with E-state index in [1.54, 1.807) is 61.5 Å². The third kappa shape index (κ3) is 4.00. The van der Waals surface area contributed by atoms with Crippen LogP contribution >= 0.6 is 11.6 Å². The molecule has 0 saturated carbocycles. The SMILES string of the molecule is CC(C(=O)Nc1ccc(-c2ccccc2F)nn1)c1ccc(Cl)cc1. The minimum atomic E-state index is -0.370. The Morgan fingerprint density at radius 1 is 1.04 bits per heavy atom. The van der Waals surface area contributed by atoms with E-state index in [0.717, 1.165) is 5.56 Å². The van der Waals surface area contributed by atoms with E-state index >= 15 is 0 Å². The van der Waals surface area contributed by atoms with Gasteiger partial charge in [-0.05, 0) is 48.9 Å². The van der Waals surface area contributed by atoms with Gasteiger partial charge in [0.05, 0.1) is 11.6 Å². The van der Waals surface area contributed by atoms with Crippen LogP contribution in [-0.2, 0) is 4.79 Å². The quantitative estimate of drug-likeness (QED) is 0.739. The van der Waals surface area contributed by atoms with Crippen LogP contribution in [0.25, 0.3) is 11.3 Å². The van der Waals surface area contributed by atoms with Gasteiger partial charge in [0.25, 0.3) is 0 Å². The molecule has 3 aromatic rings. The van der Waals surface area contributed by atoms with Crippen molar-refractivity contribution in [3.05, 3.63) is 77.1 Å². The Morgan fingerprint density at radius 3 is 2.40 bits per heavy atom. The standard InChI is InChI=1S/C19H15ClFN3O/c1-12(13-6-8-14(20)9-7-13)19(25)22-18-11-10-17(23-24-18)15-4-2-3-5-16(15)21/h2-12H,1H3,(H,22,24,25). The number of rotatable bonds is 4. The molecule has 25 heavy (non-hydrogen) atoms. The van der Waals surface area contributed by atoms with E-state index in [-0.39, 0.29) is 17.6 Å². The molecule has 1 aromatic heterocycles. The molecule has 0 aliphatic heterocycles. The van der Waals surface area contributed by atoms with Crippen molar-refractivity contribution >= 4 is 23.3 Å². The van der Waals surface area contributed by atoms with Crippen LogP contribution in [0.3, 0.4) is 0 Å². The number of benzene rings is 2. The van der Waals surface area contributed by atoms with Crippen LogP contribution in [0.4, 0.5) is 10.2 Å². The number of hydrogen-bond acceptors (Lipinski definition) is 3. The van der Waals surface area contributed by atoms with E-state index in [9.17, 15) is 9.18 Å². The van der Waals surface area contributed by atoms with Crippen LogP contribution in [0, 0.1) is 5.82 Å². The Labute approximate surface area is 149 Å². The summed E-state index contributed by atoms with van der Waals surface area (Å²) >= 11 is 5.86. The van der Waals surface area contributed by atoms with Gasteiger partial charge < -0.3 is 5.32 Å². The van der Waals surface area contributed by atoms with Crippen LogP contribution in [0.15, 0.2) is 60.7 Å². The van der Waals surface area contributed by atoms with Crippen molar-refractivity contribution in [2.24, 2.45) is 0 Å². The molecular formula is C19H15ClFN3O. The number of aromatic nitrogens is 2. The number of halogens is 2. The van der Waals surface area contributed by atoms with E-state index in [0.29, 0.717) is 22.1 Å². The summed E-state index contributed by atoms with van der Waals surface area (Å²) in [5.74, 6) is -0.642. The number of nitrogens with one attached hydrogen (secondary N) is 1. The summed E-state index contributed by atoms with van der Waals surface area (Å²) in [4.78, 5) is 12.3. The minimum absolute atomic E-state index is 0.213. The molecule has 0 fully saturated rings. The van der Waals surface area contributed by atoms with Gasteiger partial charge in [0, 0.05) is 10.6 Å². The summed E-state index contributed by atoms with van der Waals surface area (Å²) in [6, 6.07) is 16.6. The van der Waals surface area contributed by atoms with E-state index in [4.69, 9.17) is 11.6 Å². The lowest BCUT2D eigenvalue weighted by molar-refractivity contribution is -0.117. The molecule has 0 aliphatic rings. The Hall–Kier alpha value is -2.79. The topological polar surface area (TPSA) is 54.9 Å². The van der Waals surface area contributed by atoms with E-state index < -0.39 is 0 Å². The van der Waals surface area contributed by atoms with Gasteiger partial charge in [-0.3, -0.25) is 4.79 Å². The van der Waals surface area contributed by atoms with Gasteiger partial charge in [0.15, 0.2) is 5.82 Å². The number of amides is 1. The van der Waals surface area contributed by atoms with Crippen LogP contribution < -0.4 is 5.32 Å². The van der Waals surface area contributed by atoms with Gasteiger partial charge in [-0.1, -0.05) is 35.9 Å². The molecule has 4 nitrogen and oxygen atoms in total. The fourth-order valence-corrected chi connectivity index (χ4v) is 2.47.